The second kappa shape index (κ2) is 9.22. The molecular weight excluding hydrogens is 405 g/mol. The fourth-order valence-corrected chi connectivity index (χ4v) is 3.32. The number of aliphatic hydroxyl groups excluding tert-OH is 1. The number of carbonyl (C=O) groups excluding carboxylic acids is 1. The maximum absolute atomic E-state index is 13.2. The fraction of sp³-hybridized carbons (Fsp3) is 0.688. The molecule has 1 unspecified atom stereocenters. The first-order valence-electron chi connectivity index (χ1n) is 7.97. The van der Waals surface area contributed by atoms with Gasteiger partial charge in [-0.15, -0.1) is 11.3 Å². The van der Waals surface area contributed by atoms with E-state index in [-0.39, 0.29) is 18.8 Å². The average Bonchev–Trinajstić information content (AvgIpc) is 3.02. The minimum absolute atomic E-state index is 0.203. The molecule has 1 heterocycles. The zero-order valence-corrected chi connectivity index (χ0v) is 15.1. The van der Waals surface area contributed by atoms with Crippen LogP contribution in [0, 0.1) is 0 Å². The van der Waals surface area contributed by atoms with Crippen molar-refractivity contribution in [3.05, 3.63) is 21.9 Å². The van der Waals surface area contributed by atoms with Crippen LogP contribution in [0.5, 0.6) is 0 Å². The number of rotatable bonds is 10. The summed E-state index contributed by atoms with van der Waals surface area (Å²) >= 11 is 1.15. The van der Waals surface area contributed by atoms with Gasteiger partial charge in [-0.2, -0.15) is 30.7 Å². The Labute approximate surface area is 155 Å². The summed E-state index contributed by atoms with van der Waals surface area (Å²) in [6.45, 7) is 0. The van der Waals surface area contributed by atoms with Gasteiger partial charge >= 0.3 is 24.0 Å². The molecule has 0 aliphatic carbocycles. The second-order valence-electron chi connectivity index (χ2n) is 5.92. The number of aryl methyl sites for hydroxylation is 1. The summed E-state index contributed by atoms with van der Waals surface area (Å²) in [6.07, 6.45) is -9.17. The molecule has 11 heteroatoms. The number of carbonyl (C=O) groups is 1. The first kappa shape index (κ1) is 23.7. The highest BCUT2D eigenvalue weighted by Crippen LogP contribution is 2.48. The third-order valence-corrected chi connectivity index (χ3v) is 5.07. The molecule has 0 aliphatic heterocycles. The Hall–Kier alpha value is -1.36. The predicted molar refractivity (Wildman–Crippen MR) is 84.0 cm³/mol. The van der Waals surface area contributed by atoms with Crippen molar-refractivity contribution >= 4 is 17.3 Å². The molecule has 0 bridgehead atoms. The number of ether oxygens (including phenoxy) is 1. The number of methoxy groups -OCH3 is 1. The Morgan fingerprint density at radius 3 is 2.33 bits per heavy atom. The van der Waals surface area contributed by atoms with Crippen molar-refractivity contribution in [1.29, 1.82) is 0 Å². The van der Waals surface area contributed by atoms with E-state index < -0.39 is 37.0 Å². The van der Waals surface area contributed by atoms with Crippen LogP contribution in [0.3, 0.4) is 0 Å². The van der Waals surface area contributed by atoms with Crippen LogP contribution < -0.4 is 0 Å². The summed E-state index contributed by atoms with van der Waals surface area (Å²) < 4.78 is 92.6. The lowest BCUT2D eigenvalue weighted by Gasteiger charge is -2.28. The lowest BCUT2D eigenvalue weighted by molar-refractivity contribution is -0.355. The molecule has 1 aromatic rings. The zero-order valence-electron chi connectivity index (χ0n) is 14.3. The van der Waals surface area contributed by atoms with Crippen LogP contribution in [0.25, 0.3) is 0 Å². The third-order valence-electron chi connectivity index (χ3n) is 3.83. The van der Waals surface area contributed by atoms with E-state index >= 15 is 0 Å². The number of esters is 1. The van der Waals surface area contributed by atoms with Crippen LogP contribution in [0.4, 0.5) is 30.7 Å². The zero-order chi connectivity index (χ0) is 20.9. The Balaban J connectivity index is 2.51. The molecule has 0 saturated heterocycles. The van der Waals surface area contributed by atoms with E-state index in [4.69, 9.17) is 0 Å². The Kier molecular flexibility index (Phi) is 8.09. The van der Waals surface area contributed by atoms with Crippen molar-refractivity contribution in [2.24, 2.45) is 0 Å². The van der Waals surface area contributed by atoms with E-state index in [1.54, 1.807) is 6.07 Å². The van der Waals surface area contributed by atoms with Gasteiger partial charge in [0.1, 0.15) is 0 Å². The number of halogens is 7. The molecule has 1 N–H and O–H groups in total. The quantitative estimate of drug-likeness (QED) is 0.411. The van der Waals surface area contributed by atoms with Crippen molar-refractivity contribution in [3.63, 3.8) is 0 Å². The number of hydrogen-bond donors (Lipinski definition) is 1. The summed E-state index contributed by atoms with van der Waals surface area (Å²) in [5.74, 6) is -11.7. The maximum Gasteiger partial charge on any atom is 0.459 e. The van der Waals surface area contributed by atoms with Crippen LogP contribution >= 0.6 is 11.3 Å². The third kappa shape index (κ3) is 6.34. The molecule has 1 atom stereocenters. The van der Waals surface area contributed by atoms with Crippen LogP contribution in [0.2, 0.25) is 0 Å². The SMILES string of the molecule is COC(=O)CCCc1ccc(C(O)CCCC(F)(F)C(F)(F)C(F)(F)F)s1. The first-order chi connectivity index (χ1) is 12.3. The number of thiophene rings is 1. The van der Waals surface area contributed by atoms with E-state index in [1.165, 1.54) is 13.2 Å². The summed E-state index contributed by atoms with van der Waals surface area (Å²) in [6, 6.07) is 3.18. The molecule has 0 spiro atoms. The highest BCUT2D eigenvalue weighted by molar-refractivity contribution is 7.12. The van der Waals surface area contributed by atoms with Crippen molar-refractivity contribution in [2.75, 3.05) is 7.11 Å². The number of aliphatic hydroxyl groups is 1. The van der Waals surface area contributed by atoms with E-state index in [9.17, 15) is 40.6 Å². The fourth-order valence-electron chi connectivity index (χ4n) is 2.24. The van der Waals surface area contributed by atoms with Crippen LogP contribution in [-0.4, -0.2) is 36.2 Å². The summed E-state index contributed by atoms with van der Waals surface area (Å²) in [4.78, 5) is 12.2. The van der Waals surface area contributed by atoms with Gasteiger partial charge in [-0.25, -0.2) is 0 Å². The minimum Gasteiger partial charge on any atom is -0.469 e. The van der Waals surface area contributed by atoms with E-state index in [2.05, 4.69) is 4.74 Å². The Morgan fingerprint density at radius 1 is 1.15 bits per heavy atom. The second-order valence-corrected chi connectivity index (χ2v) is 7.12. The maximum atomic E-state index is 13.2. The molecular formula is C16H19F7O3S. The molecule has 0 aromatic carbocycles. The molecule has 3 nitrogen and oxygen atoms in total. The van der Waals surface area contributed by atoms with Gasteiger partial charge in [-0.05, 0) is 37.8 Å². The van der Waals surface area contributed by atoms with Crippen LogP contribution in [0.15, 0.2) is 12.1 Å². The lowest BCUT2D eigenvalue weighted by Crippen LogP contribution is -2.51. The van der Waals surface area contributed by atoms with Gasteiger partial charge in [0.15, 0.2) is 0 Å². The predicted octanol–water partition coefficient (Wildman–Crippen LogP) is 5.28. The molecule has 1 aromatic heterocycles. The van der Waals surface area contributed by atoms with Gasteiger partial charge in [-0.3, -0.25) is 4.79 Å². The largest absolute Gasteiger partial charge is 0.469 e. The number of alkyl halides is 7. The Bertz CT molecular complexity index is 613. The Morgan fingerprint density at radius 2 is 1.78 bits per heavy atom. The molecule has 27 heavy (non-hydrogen) atoms. The van der Waals surface area contributed by atoms with Gasteiger partial charge in [0, 0.05) is 22.6 Å². The highest BCUT2D eigenvalue weighted by atomic mass is 32.1. The molecule has 0 amide bonds. The smallest absolute Gasteiger partial charge is 0.459 e. The monoisotopic (exact) mass is 424 g/mol. The van der Waals surface area contributed by atoms with Gasteiger partial charge in [0.2, 0.25) is 0 Å². The first-order valence-corrected chi connectivity index (χ1v) is 8.79. The van der Waals surface area contributed by atoms with Gasteiger partial charge in [0.25, 0.3) is 0 Å². The number of hydrogen-bond acceptors (Lipinski definition) is 4. The lowest BCUT2D eigenvalue weighted by atomic mass is 10.0. The van der Waals surface area contributed by atoms with Gasteiger partial charge in [0.05, 0.1) is 13.2 Å². The molecule has 156 valence electrons. The van der Waals surface area contributed by atoms with E-state index in [1.807, 2.05) is 0 Å². The summed E-state index contributed by atoms with van der Waals surface area (Å²) in [5, 5.41) is 9.93. The van der Waals surface area contributed by atoms with Crippen LogP contribution in [0.1, 0.15) is 48.0 Å². The molecule has 0 saturated carbocycles. The molecule has 0 aliphatic rings. The van der Waals surface area contributed by atoms with Crippen molar-refractivity contribution < 1.29 is 45.4 Å². The van der Waals surface area contributed by atoms with E-state index in [0.717, 1.165) is 16.2 Å². The summed E-state index contributed by atoms with van der Waals surface area (Å²) in [5.41, 5.74) is 0. The molecule has 1 rings (SSSR count). The molecule has 0 fully saturated rings. The van der Waals surface area contributed by atoms with Crippen molar-refractivity contribution in [3.8, 4) is 0 Å². The van der Waals surface area contributed by atoms with E-state index in [0.29, 0.717) is 17.7 Å². The van der Waals surface area contributed by atoms with Crippen molar-refractivity contribution in [1.82, 2.24) is 0 Å². The average molecular weight is 424 g/mol. The standard InChI is InChI=1S/C16H19F7O3S/c1-26-13(25)6-2-4-10-7-8-12(27-10)11(24)5-3-9-14(17,18)15(19,20)16(21,22)23/h7-8,11,24H,2-6,9H2,1H3. The van der Waals surface area contributed by atoms with Crippen molar-refractivity contribution in [2.45, 2.75) is 62.7 Å². The topological polar surface area (TPSA) is 46.5 Å². The van der Waals surface area contributed by atoms with Crippen LogP contribution in [-0.2, 0) is 16.0 Å². The minimum atomic E-state index is -6.35. The summed E-state index contributed by atoms with van der Waals surface area (Å²) in [7, 11) is 1.26. The normalized spacial score (nSPS) is 14.3. The van der Waals surface area contributed by atoms with Gasteiger partial charge < -0.3 is 9.84 Å². The molecule has 0 radical (unpaired) electrons. The highest BCUT2D eigenvalue weighted by Gasteiger charge is 2.72. The van der Waals surface area contributed by atoms with Gasteiger partial charge in [-0.1, -0.05) is 0 Å².